The second kappa shape index (κ2) is 8.95. The number of nitrogens with one attached hydrogen (secondary N) is 1. The van der Waals surface area contributed by atoms with Crippen molar-refractivity contribution in [2.75, 3.05) is 30.4 Å². The van der Waals surface area contributed by atoms with Crippen molar-refractivity contribution in [2.24, 2.45) is 5.92 Å². The SMILES string of the molecule is COc1ccccc1NC(=O)C1CCCN(c2ccc(-c3ccc(C)cc3)nn2)C1. The van der Waals surface area contributed by atoms with Gasteiger partial charge in [0.25, 0.3) is 0 Å². The van der Waals surface area contributed by atoms with Crippen molar-refractivity contribution in [3.05, 3.63) is 66.2 Å². The Morgan fingerprint density at radius 2 is 1.87 bits per heavy atom. The van der Waals surface area contributed by atoms with Crippen LogP contribution in [0.5, 0.6) is 5.75 Å². The molecule has 2 aromatic carbocycles. The number of aromatic nitrogens is 2. The van der Waals surface area contributed by atoms with Gasteiger partial charge in [0.05, 0.1) is 24.4 Å². The quantitative estimate of drug-likeness (QED) is 0.689. The van der Waals surface area contributed by atoms with E-state index in [1.165, 1.54) is 5.56 Å². The van der Waals surface area contributed by atoms with E-state index in [0.717, 1.165) is 36.5 Å². The molecule has 3 aromatic rings. The first-order chi connectivity index (χ1) is 14.6. The minimum absolute atomic E-state index is 0.00781. The molecule has 1 aromatic heterocycles. The molecule has 0 aliphatic carbocycles. The van der Waals surface area contributed by atoms with Gasteiger partial charge in [0.15, 0.2) is 5.82 Å². The summed E-state index contributed by atoms with van der Waals surface area (Å²) < 4.78 is 5.33. The van der Waals surface area contributed by atoms with Crippen LogP contribution in [0.3, 0.4) is 0 Å². The first-order valence-electron chi connectivity index (χ1n) is 10.2. The molecule has 6 heteroatoms. The van der Waals surface area contributed by atoms with Gasteiger partial charge < -0.3 is 15.0 Å². The molecule has 1 N–H and O–H groups in total. The highest BCUT2D eigenvalue weighted by Crippen LogP contribution is 2.27. The smallest absolute Gasteiger partial charge is 0.229 e. The Balaban J connectivity index is 1.43. The summed E-state index contributed by atoms with van der Waals surface area (Å²) in [6.07, 6.45) is 1.79. The number of benzene rings is 2. The second-order valence-electron chi connectivity index (χ2n) is 7.62. The summed E-state index contributed by atoms with van der Waals surface area (Å²) in [7, 11) is 1.60. The second-order valence-corrected chi connectivity index (χ2v) is 7.62. The summed E-state index contributed by atoms with van der Waals surface area (Å²) in [4.78, 5) is 15.0. The number of aryl methyl sites for hydroxylation is 1. The van der Waals surface area contributed by atoms with Crippen molar-refractivity contribution in [2.45, 2.75) is 19.8 Å². The van der Waals surface area contributed by atoms with Crippen LogP contribution in [0.4, 0.5) is 11.5 Å². The molecule has 1 saturated heterocycles. The average molecular weight is 402 g/mol. The van der Waals surface area contributed by atoms with E-state index >= 15 is 0 Å². The Morgan fingerprint density at radius 3 is 2.60 bits per heavy atom. The van der Waals surface area contributed by atoms with Gasteiger partial charge in [0.2, 0.25) is 5.91 Å². The maximum absolute atomic E-state index is 12.8. The summed E-state index contributed by atoms with van der Waals surface area (Å²) in [6.45, 7) is 3.56. The van der Waals surface area contributed by atoms with E-state index < -0.39 is 0 Å². The number of hydrogen-bond donors (Lipinski definition) is 1. The van der Waals surface area contributed by atoms with Crippen molar-refractivity contribution >= 4 is 17.4 Å². The molecule has 1 amide bonds. The first kappa shape index (κ1) is 19.9. The van der Waals surface area contributed by atoms with Gasteiger partial charge >= 0.3 is 0 Å². The third-order valence-electron chi connectivity index (χ3n) is 5.48. The summed E-state index contributed by atoms with van der Waals surface area (Å²) in [6, 6.07) is 19.7. The van der Waals surface area contributed by atoms with Crippen LogP contribution in [-0.4, -0.2) is 36.3 Å². The molecule has 2 heterocycles. The third kappa shape index (κ3) is 4.43. The molecule has 30 heavy (non-hydrogen) atoms. The molecule has 0 spiro atoms. The number of carbonyl (C=O) groups is 1. The van der Waals surface area contributed by atoms with Crippen LogP contribution >= 0.6 is 0 Å². The molecule has 0 saturated carbocycles. The van der Waals surface area contributed by atoms with E-state index in [1.807, 2.05) is 36.4 Å². The normalized spacial score (nSPS) is 16.2. The lowest BCUT2D eigenvalue weighted by molar-refractivity contribution is -0.120. The van der Waals surface area contributed by atoms with Gasteiger partial charge in [-0.3, -0.25) is 4.79 Å². The van der Waals surface area contributed by atoms with Gasteiger partial charge in [0, 0.05) is 18.7 Å². The predicted octanol–water partition coefficient (Wildman–Crippen LogP) is 4.32. The van der Waals surface area contributed by atoms with Gasteiger partial charge in [-0.25, -0.2) is 0 Å². The van der Waals surface area contributed by atoms with Crippen LogP contribution in [0, 0.1) is 12.8 Å². The lowest BCUT2D eigenvalue weighted by Gasteiger charge is -2.32. The maximum Gasteiger partial charge on any atom is 0.229 e. The topological polar surface area (TPSA) is 67.3 Å². The van der Waals surface area contributed by atoms with Crippen LogP contribution < -0.4 is 15.0 Å². The van der Waals surface area contributed by atoms with Crippen LogP contribution in [0.2, 0.25) is 0 Å². The molecule has 154 valence electrons. The number of carbonyl (C=O) groups excluding carboxylic acids is 1. The Kier molecular flexibility index (Phi) is 5.93. The van der Waals surface area contributed by atoms with E-state index in [1.54, 1.807) is 7.11 Å². The fraction of sp³-hybridized carbons (Fsp3) is 0.292. The highest BCUT2D eigenvalue weighted by atomic mass is 16.5. The number of anilines is 2. The molecule has 1 fully saturated rings. The van der Waals surface area contributed by atoms with Crippen LogP contribution in [0.15, 0.2) is 60.7 Å². The number of rotatable bonds is 5. The summed E-state index contributed by atoms with van der Waals surface area (Å²) in [5.74, 6) is 1.37. The summed E-state index contributed by atoms with van der Waals surface area (Å²) >= 11 is 0. The number of hydrogen-bond acceptors (Lipinski definition) is 5. The summed E-state index contributed by atoms with van der Waals surface area (Å²) in [5, 5.41) is 11.8. The molecular weight excluding hydrogens is 376 g/mol. The molecule has 4 rings (SSSR count). The van der Waals surface area contributed by atoms with Crippen molar-refractivity contribution < 1.29 is 9.53 Å². The van der Waals surface area contributed by atoms with Crippen LogP contribution in [0.25, 0.3) is 11.3 Å². The van der Waals surface area contributed by atoms with E-state index in [4.69, 9.17) is 4.74 Å². The first-order valence-corrected chi connectivity index (χ1v) is 10.2. The largest absolute Gasteiger partial charge is 0.495 e. The van der Waals surface area contributed by atoms with Gasteiger partial charge in [-0.15, -0.1) is 10.2 Å². The standard InChI is InChI=1S/C24H26N4O2/c1-17-9-11-18(12-10-17)20-13-14-23(27-26-20)28-15-5-6-19(16-28)24(29)25-21-7-3-4-8-22(21)30-2/h3-4,7-14,19H,5-6,15-16H2,1-2H3,(H,25,29). The van der Waals surface area contributed by atoms with Gasteiger partial charge in [-0.05, 0) is 44.0 Å². The van der Waals surface area contributed by atoms with Crippen molar-refractivity contribution in [3.63, 3.8) is 0 Å². The Labute approximate surface area is 176 Å². The molecule has 0 bridgehead atoms. The maximum atomic E-state index is 12.8. The number of para-hydroxylation sites is 2. The predicted molar refractivity (Wildman–Crippen MR) is 119 cm³/mol. The zero-order valence-electron chi connectivity index (χ0n) is 17.3. The van der Waals surface area contributed by atoms with E-state index in [2.05, 4.69) is 51.6 Å². The highest BCUT2D eigenvalue weighted by molar-refractivity contribution is 5.94. The molecule has 1 aliphatic heterocycles. The fourth-order valence-corrected chi connectivity index (χ4v) is 3.75. The molecular formula is C24H26N4O2. The number of nitrogens with zero attached hydrogens (tertiary/aromatic N) is 3. The Bertz CT molecular complexity index is 1000. The minimum Gasteiger partial charge on any atom is -0.495 e. The lowest BCUT2D eigenvalue weighted by Crippen LogP contribution is -2.41. The highest BCUT2D eigenvalue weighted by Gasteiger charge is 2.27. The number of methoxy groups -OCH3 is 1. The lowest BCUT2D eigenvalue weighted by atomic mass is 9.97. The molecule has 0 radical (unpaired) electrons. The zero-order chi connectivity index (χ0) is 20.9. The minimum atomic E-state index is -0.109. The van der Waals surface area contributed by atoms with E-state index in [9.17, 15) is 4.79 Å². The van der Waals surface area contributed by atoms with E-state index in [-0.39, 0.29) is 11.8 Å². The number of amides is 1. The van der Waals surface area contributed by atoms with Crippen LogP contribution in [0.1, 0.15) is 18.4 Å². The summed E-state index contributed by atoms with van der Waals surface area (Å²) in [5.41, 5.74) is 3.81. The number of piperidine rings is 1. The Morgan fingerprint density at radius 1 is 1.07 bits per heavy atom. The zero-order valence-corrected chi connectivity index (χ0v) is 17.3. The van der Waals surface area contributed by atoms with Gasteiger partial charge in [0.1, 0.15) is 5.75 Å². The molecule has 1 unspecified atom stereocenters. The van der Waals surface area contributed by atoms with Crippen molar-refractivity contribution in [1.82, 2.24) is 10.2 Å². The average Bonchev–Trinajstić information content (AvgIpc) is 2.80. The van der Waals surface area contributed by atoms with E-state index in [0.29, 0.717) is 18.0 Å². The van der Waals surface area contributed by atoms with Gasteiger partial charge in [-0.1, -0.05) is 42.0 Å². The molecule has 1 aliphatic rings. The van der Waals surface area contributed by atoms with Crippen LogP contribution in [-0.2, 0) is 4.79 Å². The number of ether oxygens (including phenoxy) is 1. The van der Waals surface area contributed by atoms with Gasteiger partial charge in [-0.2, -0.15) is 0 Å². The monoisotopic (exact) mass is 402 g/mol. The van der Waals surface area contributed by atoms with Crippen molar-refractivity contribution in [1.29, 1.82) is 0 Å². The Hall–Kier alpha value is -3.41. The third-order valence-corrected chi connectivity index (χ3v) is 5.48. The molecule has 1 atom stereocenters. The fourth-order valence-electron chi connectivity index (χ4n) is 3.75. The molecule has 6 nitrogen and oxygen atoms in total. The van der Waals surface area contributed by atoms with Crippen molar-refractivity contribution in [3.8, 4) is 17.0 Å².